The summed E-state index contributed by atoms with van der Waals surface area (Å²) in [6, 6.07) is 0. The lowest BCUT2D eigenvalue weighted by molar-refractivity contribution is 0.0541. The fourth-order valence-electron chi connectivity index (χ4n) is 1.31. The quantitative estimate of drug-likeness (QED) is 0.668. The number of hydrogen-bond acceptors (Lipinski definition) is 2. The molecule has 16 heavy (non-hydrogen) atoms. The van der Waals surface area contributed by atoms with Crippen molar-refractivity contribution in [1.29, 1.82) is 0 Å². The SMILES string of the molecule is CCCCCCC[CH]NC(=O)OC(C)(C)C. The molecule has 95 valence electrons. The van der Waals surface area contributed by atoms with Crippen LogP contribution in [0.25, 0.3) is 0 Å². The summed E-state index contributed by atoms with van der Waals surface area (Å²) in [6.45, 7) is 9.57. The highest BCUT2D eigenvalue weighted by atomic mass is 16.6. The van der Waals surface area contributed by atoms with Crippen LogP contribution in [0.5, 0.6) is 0 Å². The maximum absolute atomic E-state index is 11.2. The van der Waals surface area contributed by atoms with E-state index >= 15 is 0 Å². The molecule has 0 atom stereocenters. The summed E-state index contributed by atoms with van der Waals surface area (Å²) in [5.74, 6) is 0. The maximum Gasteiger partial charge on any atom is 0.407 e. The molecule has 0 aromatic rings. The molecule has 3 nitrogen and oxygen atoms in total. The van der Waals surface area contributed by atoms with Crippen LogP contribution < -0.4 is 5.32 Å². The van der Waals surface area contributed by atoms with Crippen LogP contribution in [-0.4, -0.2) is 11.7 Å². The molecule has 0 aromatic heterocycles. The summed E-state index contributed by atoms with van der Waals surface area (Å²) in [7, 11) is 0. The van der Waals surface area contributed by atoms with Crippen LogP contribution in [0.3, 0.4) is 0 Å². The van der Waals surface area contributed by atoms with E-state index in [1.54, 1.807) is 6.54 Å². The van der Waals surface area contributed by atoms with E-state index in [0.29, 0.717) is 0 Å². The zero-order valence-corrected chi connectivity index (χ0v) is 11.1. The van der Waals surface area contributed by atoms with Crippen molar-refractivity contribution in [2.75, 3.05) is 0 Å². The summed E-state index contributed by atoms with van der Waals surface area (Å²) in [5, 5.41) is 2.64. The van der Waals surface area contributed by atoms with E-state index in [9.17, 15) is 4.79 Å². The Labute approximate surface area is 99.9 Å². The van der Waals surface area contributed by atoms with Gasteiger partial charge in [0.25, 0.3) is 0 Å². The molecule has 1 amide bonds. The lowest BCUT2D eigenvalue weighted by Gasteiger charge is -2.19. The molecule has 1 radical (unpaired) electrons. The van der Waals surface area contributed by atoms with Crippen molar-refractivity contribution in [3.8, 4) is 0 Å². The monoisotopic (exact) mass is 228 g/mol. The Balaban J connectivity index is 3.28. The highest BCUT2D eigenvalue weighted by molar-refractivity contribution is 5.68. The molecule has 0 aromatic carbocycles. The second kappa shape index (κ2) is 8.43. The van der Waals surface area contributed by atoms with Crippen LogP contribution in [0.2, 0.25) is 0 Å². The van der Waals surface area contributed by atoms with E-state index in [4.69, 9.17) is 4.74 Å². The minimum atomic E-state index is -0.418. The minimum Gasteiger partial charge on any atom is -0.444 e. The zero-order chi connectivity index (χ0) is 12.4. The second-order valence-corrected chi connectivity index (χ2v) is 5.05. The van der Waals surface area contributed by atoms with Gasteiger partial charge in [0.1, 0.15) is 5.60 Å². The highest BCUT2D eigenvalue weighted by Crippen LogP contribution is 2.08. The summed E-state index contributed by atoms with van der Waals surface area (Å²) in [4.78, 5) is 11.2. The maximum atomic E-state index is 11.2. The van der Waals surface area contributed by atoms with E-state index in [0.717, 1.165) is 12.8 Å². The normalized spacial score (nSPS) is 11.2. The van der Waals surface area contributed by atoms with Gasteiger partial charge in [-0.05, 0) is 27.2 Å². The van der Waals surface area contributed by atoms with Gasteiger partial charge < -0.3 is 10.1 Å². The number of rotatable bonds is 7. The van der Waals surface area contributed by atoms with E-state index in [2.05, 4.69) is 12.2 Å². The van der Waals surface area contributed by atoms with E-state index in [1.165, 1.54) is 25.7 Å². The zero-order valence-electron chi connectivity index (χ0n) is 11.1. The molecule has 3 heteroatoms. The van der Waals surface area contributed by atoms with Crippen molar-refractivity contribution >= 4 is 6.09 Å². The van der Waals surface area contributed by atoms with Crippen LogP contribution in [0.15, 0.2) is 0 Å². The number of hydrogen-bond donors (Lipinski definition) is 1. The number of alkyl carbamates (subject to hydrolysis) is 1. The molecule has 0 rings (SSSR count). The molecule has 0 saturated heterocycles. The van der Waals surface area contributed by atoms with Crippen molar-refractivity contribution in [3.63, 3.8) is 0 Å². The summed E-state index contributed by atoms with van der Waals surface area (Å²) in [5.41, 5.74) is -0.418. The third-order valence-electron chi connectivity index (χ3n) is 2.07. The molecule has 1 N–H and O–H groups in total. The predicted octanol–water partition coefficient (Wildman–Crippen LogP) is 4.03. The van der Waals surface area contributed by atoms with Crippen LogP contribution in [0, 0.1) is 6.54 Å². The molecule has 0 heterocycles. The number of carbonyl (C=O) groups is 1. The van der Waals surface area contributed by atoms with Gasteiger partial charge in [-0.25, -0.2) is 4.79 Å². The fraction of sp³-hybridized carbons (Fsp3) is 0.846. The number of ether oxygens (including phenoxy) is 1. The van der Waals surface area contributed by atoms with E-state index in [1.807, 2.05) is 20.8 Å². The Kier molecular flexibility index (Phi) is 8.04. The number of nitrogens with one attached hydrogen (secondary N) is 1. The lowest BCUT2D eigenvalue weighted by atomic mass is 10.1. The molecular formula is C13H26NO2. The van der Waals surface area contributed by atoms with Gasteiger partial charge in [-0.1, -0.05) is 39.0 Å². The molecule has 0 fully saturated rings. The van der Waals surface area contributed by atoms with Gasteiger partial charge in [0.2, 0.25) is 0 Å². The molecular weight excluding hydrogens is 202 g/mol. The number of unbranched alkanes of at least 4 members (excludes halogenated alkanes) is 5. The van der Waals surface area contributed by atoms with Gasteiger partial charge >= 0.3 is 6.09 Å². The van der Waals surface area contributed by atoms with Crippen molar-refractivity contribution in [2.24, 2.45) is 0 Å². The van der Waals surface area contributed by atoms with Crippen molar-refractivity contribution in [1.82, 2.24) is 5.32 Å². The van der Waals surface area contributed by atoms with Gasteiger partial charge in [-0.15, -0.1) is 0 Å². The Morgan fingerprint density at radius 1 is 1.19 bits per heavy atom. The average Bonchev–Trinajstić information content (AvgIpc) is 2.13. The summed E-state index contributed by atoms with van der Waals surface area (Å²) in [6.07, 6.45) is 6.79. The molecule has 0 aliphatic heterocycles. The van der Waals surface area contributed by atoms with Crippen LogP contribution in [0.4, 0.5) is 4.79 Å². The van der Waals surface area contributed by atoms with Gasteiger partial charge in [-0.2, -0.15) is 0 Å². The second-order valence-electron chi connectivity index (χ2n) is 5.05. The Bertz CT molecular complexity index is 185. The molecule has 0 saturated carbocycles. The first-order chi connectivity index (χ1) is 7.45. The molecule has 0 unspecified atom stereocenters. The molecule has 0 aliphatic carbocycles. The molecule has 0 aliphatic rings. The van der Waals surface area contributed by atoms with Crippen molar-refractivity contribution in [2.45, 2.75) is 71.8 Å². The van der Waals surface area contributed by atoms with Crippen molar-refractivity contribution < 1.29 is 9.53 Å². The topological polar surface area (TPSA) is 38.3 Å². The first-order valence-corrected chi connectivity index (χ1v) is 6.27. The Morgan fingerprint density at radius 3 is 2.38 bits per heavy atom. The lowest BCUT2D eigenvalue weighted by Crippen LogP contribution is -2.31. The van der Waals surface area contributed by atoms with Crippen molar-refractivity contribution in [3.05, 3.63) is 6.54 Å². The van der Waals surface area contributed by atoms with Gasteiger partial charge in [0.05, 0.1) is 6.54 Å². The highest BCUT2D eigenvalue weighted by Gasteiger charge is 2.15. The third kappa shape index (κ3) is 11.3. The Hall–Kier alpha value is -0.730. The van der Waals surface area contributed by atoms with Gasteiger partial charge in [0.15, 0.2) is 0 Å². The average molecular weight is 228 g/mol. The molecule has 0 spiro atoms. The van der Waals surface area contributed by atoms with E-state index < -0.39 is 5.60 Å². The largest absolute Gasteiger partial charge is 0.444 e. The fourth-order valence-corrected chi connectivity index (χ4v) is 1.31. The summed E-state index contributed by atoms with van der Waals surface area (Å²) < 4.78 is 5.10. The Morgan fingerprint density at radius 2 is 1.81 bits per heavy atom. The first kappa shape index (κ1) is 15.3. The van der Waals surface area contributed by atoms with E-state index in [-0.39, 0.29) is 6.09 Å². The number of amides is 1. The molecule has 0 bridgehead atoms. The standard InChI is InChI=1S/C13H26NO2/c1-5-6-7-8-9-10-11-14-12(15)16-13(2,3)4/h11H,5-10H2,1-4H3,(H,14,15). The summed E-state index contributed by atoms with van der Waals surface area (Å²) >= 11 is 0. The van der Waals surface area contributed by atoms with Crippen LogP contribution in [-0.2, 0) is 4.74 Å². The minimum absolute atomic E-state index is 0.360. The third-order valence-corrected chi connectivity index (χ3v) is 2.07. The van der Waals surface area contributed by atoms with Crippen LogP contribution in [0.1, 0.15) is 66.2 Å². The first-order valence-electron chi connectivity index (χ1n) is 6.27. The number of carbonyl (C=O) groups excluding carboxylic acids is 1. The smallest absolute Gasteiger partial charge is 0.407 e. The predicted molar refractivity (Wildman–Crippen MR) is 67.0 cm³/mol. The van der Waals surface area contributed by atoms with Gasteiger partial charge in [0, 0.05) is 0 Å². The van der Waals surface area contributed by atoms with Gasteiger partial charge in [-0.3, -0.25) is 0 Å². The van der Waals surface area contributed by atoms with Crippen LogP contribution >= 0.6 is 0 Å².